The van der Waals surface area contributed by atoms with Crippen molar-refractivity contribution in [3.05, 3.63) is 23.4 Å². The smallest absolute Gasteiger partial charge is 0.252 e. The molecule has 0 radical (unpaired) electrons. The molecule has 76 valence electrons. The molecular weight excluding hydrogens is 178 g/mol. The van der Waals surface area contributed by atoms with Crippen molar-refractivity contribution >= 4 is 11.7 Å². The Bertz CT molecular complexity index is 352. The molecule has 1 aromatic heterocycles. The lowest BCUT2D eigenvalue weighted by Crippen LogP contribution is -2.12. The first kappa shape index (κ1) is 10.5. The first-order valence-corrected chi connectivity index (χ1v) is 4.63. The molecule has 0 saturated heterocycles. The molecule has 4 nitrogen and oxygen atoms in total. The molecule has 1 aromatic rings. The van der Waals surface area contributed by atoms with Crippen LogP contribution >= 0.6 is 0 Å². The summed E-state index contributed by atoms with van der Waals surface area (Å²) in [5.74, 6) is 0.467. The largest absolute Gasteiger partial charge is 0.305 e. The summed E-state index contributed by atoms with van der Waals surface area (Å²) in [5, 5.41) is 9.37. The monoisotopic (exact) mass is 193 g/mol. The van der Waals surface area contributed by atoms with Crippen LogP contribution in [0.2, 0.25) is 0 Å². The minimum absolute atomic E-state index is 0.0987. The zero-order chi connectivity index (χ0) is 10.6. The van der Waals surface area contributed by atoms with Gasteiger partial charge >= 0.3 is 0 Å². The van der Waals surface area contributed by atoms with E-state index in [9.17, 15) is 4.79 Å². The van der Waals surface area contributed by atoms with Crippen LogP contribution in [0.15, 0.2) is 17.7 Å². The Morgan fingerprint density at radius 3 is 2.93 bits per heavy atom. The summed E-state index contributed by atoms with van der Waals surface area (Å²) in [7, 11) is 0. The summed E-state index contributed by atoms with van der Waals surface area (Å²) in [6.07, 6.45) is 2.74. The number of aromatic amines is 1. The molecule has 0 unspecified atom stereocenters. The fourth-order valence-electron chi connectivity index (χ4n) is 1.10. The van der Waals surface area contributed by atoms with Gasteiger partial charge < -0.3 is 5.32 Å². The highest BCUT2D eigenvalue weighted by Crippen LogP contribution is 2.06. The maximum atomic E-state index is 11.5. The van der Waals surface area contributed by atoms with Gasteiger partial charge in [-0.25, -0.2) is 0 Å². The predicted molar refractivity (Wildman–Crippen MR) is 56.0 cm³/mol. The number of nitrogens with one attached hydrogen (secondary N) is 2. The van der Waals surface area contributed by atoms with Crippen molar-refractivity contribution in [2.24, 2.45) is 0 Å². The van der Waals surface area contributed by atoms with Crippen molar-refractivity contribution in [1.82, 2.24) is 10.2 Å². The third-order valence-corrected chi connectivity index (χ3v) is 1.82. The van der Waals surface area contributed by atoms with E-state index >= 15 is 0 Å². The lowest BCUT2D eigenvalue weighted by atomic mass is 10.2. The fraction of sp³-hybridized carbons (Fsp3) is 0.400. The maximum absolute atomic E-state index is 11.5. The molecule has 1 rings (SSSR count). The van der Waals surface area contributed by atoms with Crippen LogP contribution in [0.4, 0.5) is 5.82 Å². The minimum atomic E-state index is -0.0987. The number of hydrogen-bond donors (Lipinski definition) is 2. The highest BCUT2D eigenvalue weighted by atomic mass is 16.1. The number of hydrogen-bond acceptors (Lipinski definition) is 2. The zero-order valence-corrected chi connectivity index (χ0v) is 8.72. The maximum Gasteiger partial charge on any atom is 0.252 e. The molecule has 0 fully saturated rings. The van der Waals surface area contributed by atoms with Crippen LogP contribution < -0.4 is 5.32 Å². The van der Waals surface area contributed by atoms with Crippen molar-refractivity contribution < 1.29 is 4.79 Å². The van der Waals surface area contributed by atoms with Gasteiger partial charge in [0.1, 0.15) is 0 Å². The van der Waals surface area contributed by atoms with Gasteiger partial charge in [0.2, 0.25) is 0 Å². The molecule has 2 N–H and O–H groups in total. The molecule has 0 aliphatic rings. The van der Waals surface area contributed by atoms with E-state index in [4.69, 9.17) is 0 Å². The molecular formula is C10H15N3O. The predicted octanol–water partition coefficient (Wildman–Crippen LogP) is 2.01. The van der Waals surface area contributed by atoms with Crippen LogP contribution in [0.25, 0.3) is 0 Å². The summed E-state index contributed by atoms with van der Waals surface area (Å²) < 4.78 is 0. The number of carbonyl (C=O) groups excluding carboxylic acids is 1. The van der Waals surface area contributed by atoms with E-state index in [-0.39, 0.29) is 5.91 Å². The third kappa shape index (κ3) is 2.73. The molecule has 1 heterocycles. The third-order valence-electron chi connectivity index (χ3n) is 1.82. The van der Waals surface area contributed by atoms with Crippen LogP contribution in [-0.2, 0) is 4.79 Å². The van der Waals surface area contributed by atoms with Gasteiger partial charge in [-0.05, 0) is 20.3 Å². The zero-order valence-electron chi connectivity index (χ0n) is 8.72. The molecule has 1 amide bonds. The summed E-state index contributed by atoms with van der Waals surface area (Å²) in [4.78, 5) is 11.5. The summed E-state index contributed by atoms with van der Waals surface area (Å²) >= 11 is 0. The van der Waals surface area contributed by atoms with Gasteiger partial charge in [-0.1, -0.05) is 13.0 Å². The summed E-state index contributed by atoms with van der Waals surface area (Å²) in [6.45, 7) is 5.67. The van der Waals surface area contributed by atoms with Gasteiger partial charge in [0.25, 0.3) is 5.91 Å². The van der Waals surface area contributed by atoms with Crippen molar-refractivity contribution in [3.63, 3.8) is 0 Å². The molecule has 0 spiro atoms. The Morgan fingerprint density at radius 2 is 2.43 bits per heavy atom. The van der Waals surface area contributed by atoms with Crippen LogP contribution in [-0.4, -0.2) is 16.1 Å². The first-order chi connectivity index (χ1) is 6.63. The SMILES string of the molecule is CC/C=C(/C)C(=O)Nc1cc(C)[nH]n1. The molecule has 14 heavy (non-hydrogen) atoms. The Morgan fingerprint density at radius 1 is 1.71 bits per heavy atom. The van der Waals surface area contributed by atoms with E-state index in [0.29, 0.717) is 11.4 Å². The molecule has 0 atom stereocenters. The number of aryl methyl sites for hydroxylation is 1. The molecule has 0 aliphatic heterocycles. The van der Waals surface area contributed by atoms with Crippen LogP contribution in [0.5, 0.6) is 0 Å². The van der Waals surface area contributed by atoms with Gasteiger partial charge in [-0.2, -0.15) is 5.10 Å². The van der Waals surface area contributed by atoms with Crippen molar-refractivity contribution in [3.8, 4) is 0 Å². The lowest BCUT2D eigenvalue weighted by Gasteiger charge is -2.00. The van der Waals surface area contributed by atoms with Crippen molar-refractivity contribution in [2.45, 2.75) is 27.2 Å². The van der Waals surface area contributed by atoms with Gasteiger partial charge in [0.15, 0.2) is 5.82 Å². The summed E-state index contributed by atoms with van der Waals surface area (Å²) in [5.41, 5.74) is 1.64. The van der Waals surface area contributed by atoms with E-state index < -0.39 is 0 Å². The number of allylic oxidation sites excluding steroid dienone is 1. The quantitative estimate of drug-likeness (QED) is 0.721. The number of carbonyl (C=O) groups is 1. The Labute approximate surface area is 83.4 Å². The number of H-pyrrole nitrogens is 1. The molecule has 4 heteroatoms. The van der Waals surface area contributed by atoms with E-state index in [0.717, 1.165) is 12.1 Å². The second kappa shape index (κ2) is 4.60. The number of anilines is 1. The van der Waals surface area contributed by atoms with Crippen molar-refractivity contribution in [1.29, 1.82) is 0 Å². The number of nitrogens with zero attached hydrogens (tertiary/aromatic N) is 1. The molecule has 0 bridgehead atoms. The van der Waals surface area contributed by atoms with Crippen LogP contribution in [0.1, 0.15) is 26.0 Å². The average molecular weight is 193 g/mol. The number of aromatic nitrogens is 2. The highest BCUT2D eigenvalue weighted by molar-refractivity contribution is 6.02. The van der Waals surface area contributed by atoms with E-state index in [1.165, 1.54) is 0 Å². The molecule has 0 aliphatic carbocycles. The first-order valence-electron chi connectivity index (χ1n) is 4.63. The molecule has 0 aromatic carbocycles. The summed E-state index contributed by atoms with van der Waals surface area (Å²) in [6, 6.07) is 1.79. The second-order valence-corrected chi connectivity index (χ2v) is 3.19. The minimum Gasteiger partial charge on any atom is -0.305 e. The van der Waals surface area contributed by atoms with Crippen LogP contribution in [0.3, 0.4) is 0 Å². The van der Waals surface area contributed by atoms with Crippen LogP contribution in [0, 0.1) is 6.92 Å². The number of amides is 1. The topological polar surface area (TPSA) is 57.8 Å². The van der Waals surface area contributed by atoms with Gasteiger partial charge in [-0.3, -0.25) is 9.89 Å². The Kier molecular flexibility index (Phi) is 3.45. The van der Waals surface area contributed by atoms with Crippen molar-refractivity contribution in [2.75, 3.05) is 5.32 Å². The standard InChI is InChI=1S/C10H15N3O/c1-4-5-7(2)10(14)11-9-6-8(3)12-13-9/h5-6H,4H2,1-3H3,(H2,11,12,13,14)/b7-5-. The fourth-order valence-corrected chi connectivity index (χ4v) is 1.10. The Hall–Kier alpha value is -1.58. The normalized spacial score (nSPS) is 11.5. The van der Waals surface area contributed by atoms with Gasteiger partial charge in [-0.15, -0.1) is 0 Å². The second-order valence-electron chi connectivity index (χ2n) is 3.19. The lowest BCUT2D eigenvalue weighted by molar-refractivity contribution is -0.112. The average Bonchev–Trinajstić information content (AvgIpc) is 2.51. The van der Waals surface area contributed by atoms with Gasteiger partial charge in [0.05, 0.1) is 0 Å². The van der Waals surface area contributed by atoms with E-state index in [1.807, 2.05) is 19.9 Å². The highest BCUT2D eigenvalue weighted by Gasteiger charge is 2.05. The van der Waals surface area contributed by atoms with E-state index in [2.05, 4.69) is 15.5 Å². The molecule has 0 saturated carbocycles. The van der Waals surface area contributed by atoms with E-state index in [1.54, 1.807) is 13.0 Å². The Balaban J connectivity index is 2.61. The number of rotatable bonds is 3. The van der Waals surface area contributed by atoms with Gasteiger partial charge in [0, 0.05) is 17.3 Å².